The summed E-state index contributed by atoms with van der Waals surface area (Å²) in [7, 11) is 3.18. The van der Waals surface area contributed by atoms with Gasteiger partial charge in [-0.3, -0.25) is 4.79 Å². The molecular formula is C17H19N5O3S. The maximum absolute atomic E-state index is 12.3. The normalized spacial score (nSPS) is 11.8. The van der Waals surface area contributed by atoms with Crippen LogP contribution in [-0.4, -0.2) is 40.3 Å². The van der Waals surface area contributed by atoms with Crippen LogP contribution >= 0.6 is 11.3 Å². The maximum atomic E-state index is 12.3. The summed E-state index contributed by atoms with van der Waals surface area (Å²) in [6, 6.07) is 9.00. The Bertz CT molecular complexity index is 878. The van der Waals surface area contributed by atoms with E-state index in [4.69, 9.17) is 9.47 Å². The monoisotopic (exact) mass is 373 g/mol. The zero-order chi connectivity index (χ0) is 18.5. The highest BCUT2D eigenvalue weighted by Gasteiger charge is 2.16. The van der Waals surface area contributed by atoms with Gasteiger partial charge in [-0.25, -0.2) is 0 Å². The predicted molar refractivity (Wildman–Crippen MR) is 97.2 cm³/mol. The van der Waals surface area contributed by atoms with Gasteiger partial charge in [0.25, 0.3) is 0 Å². The molecular weight excluding hydrogens is 354 g/mol. The first kappa shape index (κ1) is 17.9. The van der Waals surface area contributed by atoms with Crippen LogP contribution in [0.15, 0.2) is 35.7 Å². The number of hydrogen-bond donors (Lipinski definition) is 1. The third-order valence-corrected chi connectivity index (χ3v) is 4.63. The van der Waals surface area contributed by atoms with Gasteiger partial charge in [0.05, 0.1) is 25.1 Å². The van der Waals surface area contributed by atoms with Crippen molar-refractivity contribution in [2.24, 2.45) is 0 Å². The molecule has 3 rings (SSSR count). The Labute approximate surface area is 154 Å². The van der Waals surface area contributed by atoms with Gasteiger partial charge in [-0.1, -0.05) is 6.07 Å². The predicted octanol–water partition coefficient (Wildman–Crippen LogP) is 2.30. The number of ether oxygens (including phenoxy) is 2. The van der Waals surface area contributed by atoms with E-state index in [0.29, 0.717) is 17.3 Å². The highest BCUT2D eigenvalue weighted by Crippen LogP contribution is 2.29. The second-order valence-electron chi connectivity index (χ2n) is 5.52. The minimum Gasteiger partial charge on any atom is -0.497 e. The number of nitrogens with zero attached hydrogens (tertiary/aromatic N) is 4. The van der Waals surface area contributed by atoms with Crippen molar-refractivity contribution < 1.29 is 14.3 Å². The van der Waals surface area contributed by atoms with E-state index < -0.39 is 0 Å². The molecule has 1 N–H and O–H groups in total. The molecule has 8 nitrogen and oxygen atoms in total. The minimum atomic E-state index is -0.271. The van der Waals surface area contributed by atoms with Gasteiger partial charge >= 0.3 is 0 Å². The van der Waals surface area contributed by atoms with Gasteiger partial charge in [-0.05, 0) is 41.8 Å². The number of tetrazole rings is 1. The second kappa shape index (κ2) is 7.96. The molecule has 2 aromatic heterocycles. The first-order chi connectivity index (χ1) is 12.6. The number of benzene rings is 1. The molecule has 9 heteroatoms. The Morgan fingerprint density at radius 1 is 1.31 bits per heavy atom. The van der Waals surface area contributed by atoms with Crippen LogP contribution in [0.3, 0.4) is 0 Å². The highest BCUT2D eigenvalue weighted by molar-refractivity contribution is 7.13. The van der Waals surface area contributed by atoms with Crippen LogP contribution in [0.2, 0.25) is 0 Å². The smallest absolute Gasteiger partial charge is 0.244 e. The van der Waals surface area contributed by atoms with Gasteiger partial charge in [-0.2, -0.15) is 4.80 Å². The van der Waals surface area contributed by atoms with Gasteiger partial charge in [0.1, 0.15) is 18.0 Å². The van der Waals surface area contributed by atoms with Crippen molar-refractivity contribution in [3.63, 3.8) is 0 Å². The van der Waals surface area contributed by atoms with Gasteiger partial charge in [-0.15, -0.1) is 21.5 Å². The fourth-order valence-electron chi connectivity index (χ4n) is 2.49. The second-order valence-corrected chi connectivity index (χ2v) is 6.47. The van der Waals surface area contributed by atoms with E-state index in [9.17, 15) is 4.79 Å². The van der Waals surface area contributed by atoms with Gasteiger partial charge < -0.3 is 14.8 Å². The summed E-state index contributed by atoms with van der Waals surface area (Å²) >= 11 is 1.52. The number of carbonyl (C=O) groups is 1. The van der Waals surface area contributed by atoms with E-state index in [1.807, 2.05) is 42.6 Å². The van der Waals surface area contributed by atoms with Crippen LogP contribution in [0, 0.1) is 0 Å². The molecule has 2 heterocycles. The van der Waals surface area contributed by atoms with Crippen LogP contribution in [0.1, 0.15) is 18.5 Å². The first-order valence-corrected chi connectivity index (χ1v) is 8.81. The Kier molecular flexibility index (Phi) is 5.47. The van der Waals surface area contributed by atoms with E-state index >= 15 is 0 Å². The number of amides is 1. The fraction of sp³-hybridized carbons (Fsp3) is 0.294. The lowest BCUT2D eigenvalue weighted by Gasteiger charge is -2.18. The molecule has 3 aromatic rings. The van der Waals surface area contributed by atoms with Crippen molar-refractivity contribution >= 4 is 17.2 Å². The molecule has 1 unspecified atom stereocenters. The molecule has 0 aliphatic rings. The molecule has 0 fully saturated rings. The molecule has 26 heavy (non-hydrogen) atoms. The first-order valence-electron chi connectivity index (χ1n) is 7.93. The quantitative estimate of drug-likeness (QED) is 0.683. The third kappa shape index (κ3) is 3.99. The molecule has 0 aliphatic heterocycles. The summed E-state index contributed by atoms with van der Waals surface area (Å²) in [5.74, 6) is 1.66. The fourth-order valence-corrected chi connectivity index (χ4v) is 3.13. The highest BCUT2D eigenvalue weighted by atomic mass is 32.1. The van der Waals surface area contributed by atoms with Crippen molar-refractivity contribution in [2.75, 3.05) is 14.2 Å². The summed E-state index contributed by atoms with van der Waals surface area (Å²) in [5.41, 5.74) is 0.825. The summed E-state index contributed by atoms with van der Waals surface area (Å²) in [4.78, 5) is 14.5. The van der Waals surface area contributed by atoms with E-state index in [0.717, 1.165) is 10.4 Å². The van der Waals surface area contributed by atoms with Crippen LogP contribution in [-0.2, 0) is 11.3 Å². The Morgan fingerprint density at radius 3 is 2.85 bits per heavy atom. The molecule has 0 radical (unpaired) electrons. The van der Waals surface area contributed by atoms with Crippen molar-refractivity contribution in [1.82, 2.24) is 25.5 Å². The Hall–Kier alpha value is -2.94. The van der Waals surface area contributed by atoms with Crippen molar-refractivity contribution in [3.05, 3.63) is 41.3 Å². The molecule has 0 saturated carbocycles. The van der Waals surface area contributed by atoms with Crippen LogP contribution in [0.5, 0.6) is 11.5 Å². The molecule has 1 amide bonds. The molecule has 0 spiro atoms. The van der Waals surface area contributed by atoms with E-state index in [1.54, 1.807) is 14.2 Å². The van der Waals surface area contributed by atoms with Crippen molar-refractivity contribution in [2.45, 2.75) is 19.5 Å². The zero-order valence-electron chi connectivity index (χ0n) is 14.7. The summed E-state index contributed by atoms with van der Waals surface area (Å²) in [5, 5.41) is 17.0. The van der Waals surface area contributed by atoms with Crippen molar-refractivity contribution in [3.8, 4) is 22.2 Å². The van der Waals surface area contributed by atoms with Crippen molar-refractivity contribution in [1.29, 1.82) is 0 Å². The molecule has 1 atom stereocenters. The molecule has 0 saturated heterocycles. The summed E-state index contributed by atoms with van der Waals surface area (Å²) in [6.45, 7) is 1.86. The van der Waals surface area contributed by atoms with E-state index in [2.05, 4.69) is 20.7 Å². The standard InChI is InChI=1S/C17H19N5O3S/c1-11(13-9-12(24-2)6-7-14(13)25-3)18-16(23)10-22-20-17(19-21-22)15-5-4-8-26-15/h4-9,11H,10H2,1-3H3,(H,18,23). The number of rotatable bonds is 7. The van der Waals surface area contributed by atoms with Crippen LogP contribution in [0.4, 0.5) is 0 Å². The number of aromatic nitrogens is 4. The molecule has 136 valence electrons. The number of hydrogen-bond acceptors (Lipinski definition) is 7. The van der Waals surface area contributed by atoms with Gasteiger partial charge in [0.15, 0.2) is 0 Å². The lowest BCUT2D eigenvalue weighted by molar-refractivity contribution is -0.122. The lowest BCUT2D eigenvalue weighted by atomic mass is 10.1. The number of methoxy groups -OCH3 is 2. The minimum absolute atomic E-state index is 0.0188. The number of nitrogens with one attached hydrogen (secondary N) is 1. The van der Waals surface area contributed by atoms with E-state index in [1.165, 1.54) is 16.1 Å². The number of thiophene rings is 1. The third-order valence-electron chi connectivity index (χ3n) is 3.76. The zero-order valence-corrected chi connectivity index (χ0v) is 15.5. The molecule has 0 bridgehead atoms. The average Bonchev–Trinajstić information content (AvgIpc) is 3.32. The average molecular weight is 373 g/mol. The maximum Gasteiger partial charge on any atom is 0.244 e. The Balaban J connectivity index is 1.66. The van der Waals surface area contributed by atoms with Crippen LogP contribution < -0.4 is 14.8 Å². The van der Waals surface area contributed by atoms with Gasteiger partial charge in [0.2, 0.25) is 11.7 Å². The molecule has 1 aromatic carbocycles. The van der Waals surface area contributed by atoms with Gasteiger partial charge in [0, 0.05) is 5.56 Å². The Morgan fingerprint density at radius 2 is 2.15 bits per heavy atom. The largest absolute Gasteiger partial charge is 0.497 e. The summed E-state index contributed by atoms with van der Waals surface area (Å²) in [6.07, 6.45) is 0. The van der Waals surface area contributed by atoms with E-state index in [-0.39, 0.29) is 18.5 Å². The lowest BCUT2D eigenvalue weighted by Crippen LogP contribution is -2.31. The number of carbonyl (C=O) groups excluding carboxylic acids is 1. The SMILES string of the molecule is COc1ccc(OC)c(C(C)NC(=O)Cn2nnc(-c3cccs3)n2)c1. The molecule has 0 aliphatic carbocycles. The summed E-state index contributed by atoms with van der Waals surface area (Å²) < 4.78 is 10.6. The topological polar surface area (TPSA) is 91.2 Å². The van der Waals surface area contributed by atoms with Crippen LogP contribution in [0.25, 0.3) is 10.7 Å².